The van der Waals surface area contributed by atoms with Crippen LogP contribution < -0.4 is 5.32 Å². The maximum absolute atomic E-state index is 11.3. The lowest BCUT2D eigenvalue weighted by molar-refractivity contribution is -0.118. The predicted octanol–water partition coefficient (Wildman–Crippen LogP) is 2.59. The van der Waals surface area contributed by atoms with Crippen molar-refractivity contribution in [3.63, 3.8) is 0 Å². The van der Waals surface area contributed by atoms with Crippen LogP contribution in [0, 0.1) is 0 Å². The van der Waals surface area contributed by atoms with Gasteiger partial charge in [-0.3, -0.25) is 4.79 Å². The van der Waals surface area contributed by atoms with Crippen LogP contribution >= 0.6 is 11.6 Å². The van der Waals surface area contributed by atoms with Crippen molar-refractivity contribution >= 4 is 30.7 Å². The van der Waals surface area contributed by atoms with Crippen LogP contribution in [0.4, 0.5) is 0 Å². The molecular weight excluding hydrogens is 330 g/mol. The fourth-order valence-corrected chi connectivity index (χ4v) is 2.30. The van der Waals surface area contributed by atoms with Gasteiger partial charge in [-0.15, -0.1) is 0 Å². The average molecular weight is 353 g/mol. The van der Waals surface area contributed by atoms with Crippen LogP contribution in [0.25, 0.3) is 6.08 Å². The zero-order chi connectivity index (χ0) is 18.1. The molecule has 8 heteroatoms. The highest BCUT2D eigenvalue weighted by Crippen LogP contribution is 2.39. The van der Waals surface area contributed by atoms with Crippen LogP contribution in [0.3, 0.4) is 0 Å². The van der Waals surface area contributed by atoms with E-state index in [0.29, 0.717) is 5.47 Å². The Morgan fingerprint density at radius 1 is 1.33 bits per heavy atom. The van der Waals surface area contributed by atoms with Crippen molar-refractivity contribution in [2.45, 2.75) is 45.8 Å². The van der Waals surface area contributed by atoms with Crippen molar-refractivity contribution in [3.8, 4) is 5.75 Å². The first-order chi connectivity index (χ1) is 11.0. The number of aromatic nitrogens is 1. The van der Waals surface area contributed by atoms with Crippen LogP contribution in [0.5, 0.6) is 5.75 Å². The van der Waals surface area contributed by atoms with Gasteiger partial charge >= 0.3 is 7.12 Å². The molecule has 6 nitrogen and oxygen atoms in total. The van der Waals surface area contributed by atoms with Gasteiger partial charge in [-0.25, -0.2) is 4.98 Å². The Kier molecular flexibility index (Phi) is 5.27. The van der Waals surface area contributed by atoms with E-state index in [2.05, 4.69) is 10.3 Å². The Bertz CT molecular complexity index is 660. The lowest BCUT2D eigenvalue weighted by Gasteiger charge is -2.32. The normalized spacial score (nSPS) is 19.4. The van der Waals surface area contributed by atoms with Gasteiger partial charge in [0, 0.05) is 13.5 Å². The molecule has 0 aromatic carbocycles. The average Bonchev–Trinajstić information content (AvgIpc) is 2.66. The SMILES string of the molecule is CC(=O)NCC(=Cc1nc(Cl)ccc1O)B1OC(C)(C)C(C)(C)O1. The van der Waals surface area contributed by atoms with Gasteiger partial charge < -0.3 is 19.7 Å². The number of carbonyl (C=O) groups is 1. The first kappa shape index (κ1) is 18.8. The van der Waals surface area contributed by atoms with Gasteiger partial charge in [0.2, 0.25) is 5.91 Å². The summed E-state index contributed by atoms with van der Waals surface area (Å²) in [5.41, 5.74) is -0.111. The molecule has 1 saturated heterocycles. The fourth-order valence-electron chi connectivity index (χ4n) is 2.15. The van der Waals surface area contributed by atoms with Crippen LogP contribution in [0.2, 0.25) is 5.15 Å². The van der Waals surface area contributed by atoms with Gasteiger partial charge in [0.25, 0.3) is 0 Å². The zero-order valence-electron chi connectivity index (χ0n) is 14.5. The van der Waals surface area contributed by atoms with E-state index in [1.165, 1.54) is 19.1 Å². The van der Waals surface area contributed by atoms with Crippen molar-refractivity contribution in [2.75, 3.05) is 6.54 Å². The lowest BCUT2D eigenvalue weighted by atomic mass is 9.77. The molecule has 24 heavy (non-hydrogen) atoms. The van der Waals surface area contributed by atoms with Crippen LogP contribution in [0.15, 0.2) is 17.6 Å². The van der Waals surface area contributed by atoms with Gasteiger partial charge in [-0.2, -0.15) is 0 Å². The molecule has 2 N–H and O–H groups in total. The van der Waals surface area contributed by atoms with E-state index in [-0.39, 0.29) is 29.0 Å². The molecule has 0 atom stereocenters. The lowest BCUT2D eigenvalue weighted by Crippen LogP contribution is -2.41. The van der Waals surface area contributed by atoms with E-state index in [9.17, 15) is 9.90 Å². The fraction of sp³-hybridized carbons (Fsp3) is 0.500. The van der Waals surface area contributed by atoms with Gasteiger partial charge in [-0.1, -0.05) is 11.6 Å². The van der Waals surface area contributed by atoms with Gasteiger partial charge in [0.05, 0.1) is 11.2 Å². The summed E-state index contributed by atoms with van der Waals surface area (Å²) in [5.74, 6) is -0.197. The Balaban J connectivity index is 2.37. The highest BCUT2D eigenvalue weighted by Gasteiger charge is 2.52. The maximum Gasteiger partial charge on any atom is 0.492 e. The van der Waals surface area contributed by atoms with Crippen LogP contribution in [0.1, 0.15) is 40.3 Å². The Hall–Kier alpha value is -1.57. The second-order valence-electron chi connectivity index (χ2n) is 6.76. The summed E-state index contributed by atoms with van der Waals surface area (Å²) >= 11 is 5.89. The third-order valence-corrected chi connectivity index (χ3v) is 4.50. The smallest absolute Gasteiger partial charge is 0.492 e. The molecule has 1 aliphatic rings. The number of nitrogens with one attached hydrogen (secondary N) is 1. The number of hydrogen-bond acceptors (Lipinski definition) is 5. The van der Waals surface area contributed by atoms with Gasteiger partial charge in [0.1, 0.15) is 16.6 Å². The van der Waals surface area contributed by atoms with Gasteiger partial charge in [-0.05, 0) is 51.4 Å². The molecule has 1 amide bonds. The third kappa shape index (κ3) is 4.09. The predicted molar refractivity (Wildman–Crippen MR) is 93.7 cm³/mol. The number of carbonyl (C=O) groups excluding carboxylic acids is 1. The second kappa shape index (κ2) is 6.74. The van der Waals surface area contributed by atoms with Crippen LogP contribution in [-0.4, -0.2) is 40.9 Å². The largest absolute Gasteiger partial charge is 0.506 e. The minimum atomic E-state index is -0.665. The van der Waals surface area contributed by atoms with E-state index < -0.39 is 18.3 Å². The topological polar surface area (TPSA) is 80.7 Å². The first-order valence-electron chi connectivity index (χ1n) is 7.68. The molecule has 2 rings (SSSR count). The monoisotopic (exact) mass is 352 g/mol. The summed E-state index contributed by atoms with van der Waals surface area (Å²) in [4.78, 5) is 15.4. The molecule has 0 spiro atoms. The maximum atomic E-state index is 11.3. The molecule has 0 unspecified atom stereocenters. The van der Waals surface area contributed by atoms with Crippen molar-refractivity contribution in [2.24, 2.45) is 0 Å². The second-order valence-corrected chi connectivity index (χ2v) is 7.14. The number of rotatable bonds is 4. The van der Waals surface area contributed by atoms with Crippen molar-refractivity contribution in [3.05, 3.63) is 28.5 Å². The number of pyridine rings is 1. The Morgan fingerprint density at radius 3 is 2.46 bits per heavy atom. The summed E-state index contributed by atoms with van der Waals surface area (Å²) in [6, 6.07) is 2.96. The zero-order valence-corrected chi connectivity index (χ0v) is 15.3. The van der Waals surface area contributed by atoms with Crippen LogP contribution in [-0.2, 0) is 14.1 Å². The molecular formula is C16H22BClN2O4. The molecule has 0 bridgehead atoms. The molecule has 1 fully saturated rings. The Morgan fingerprint density at radius 2 is 1.92 bits per heavy atom. The summed E-state index contributed by atoms with van der Waals surface area (Å²) in [6.45, 7) is 9.41. The van der Waals surface area contributed by atoms with Crippen molar-refractivity contribution in [1.29, 1.82) is 0 Å². The summed E-state index contributed by atoms with van der Waals surface area (Å²) < 4.78 is 12.0. The highest BCUT2D eigenvalue weighted by molar-refractivity contribution is 6.56. The molecule has 130 valence electrons. The molecule has 0 aliphatic carbocycles. The van der Waals surface area contributed by atoms with E-state index >= 15 is 0 Å². The van der Waals surface area contributed by atoms with Gasteiger partial charge in [0.15, 0.2) is 0 Å². The number of hydrogen-bond donors (Lipinski definition) is 2. The molecule has 1 aromatic heterocycles. The van der Waals surface area contributed by atoms with E-state index in [1.54, 1.807) is 6.08 Å². The quantitative estimate of drug-likeness (QED) is 0.643. The summed E-state index contributed by atoms with van der Waals surface area (Å²) in [6.07, 6.45) is 1.62. The number of amides is 1. The minimum absolute atomic E-state index is 0.0174. The van der Waals surface area contributed by atoms with E-state index in [4.69, 9.17) is 20.9 Å². The first-order valence-corrected chi connectivity index (χ1v) is 8.06. The molecule has 0 saturated carbocycles. The van der Waals surface area contributed by atoms with E-state index in [1.807, 2.05) is 27.7 Å². The third-order valence-electron chi connectivity index (χ3n) is 4.29. The molecule has 2 heterocycles. The number of halogens is 1. The Labute approximate surface area is 147 Å². The molecule has 1 aliphatic heterocycles. The number of aromatic hydroxyl groups is 1. The molecule has 1 aromatic rings. The minimum Gasteiger partial charge on any atom is -0.506 e. The summed E-state index contributed by atoms with van der Waals surface area (Å²) in [5, 5.41) is 13.0. The highest BCUT2D eigenvalue weighted by atomic mass is 35.5. The number of nitrogens with zero attached hydrogens (tertiary/aromatic N) is 1. The van der Waals surface area contributed by atoms with Crippen molar-refractivity contribution in [1.82, 2.24) is 10.3 Å². The van der Waals surface area contributed by atoms with E-state index in [0.717, 1.165) is 0 Å². The summed E-state index contributed by atoms with van der Waals surface area (Å²) in [7, 11) is -0.665. The van der Waals surface area contributed by atoms with Crippen molar-refractivity contribution < 1.29 is 19.2 Å². The standard InChI is InChI=1S/C16H22BClN2O4/c1-10(21)19-9-11(8-12-13(22)6-7-14(18)20-12)17-23-15(2,3)16(4,5)24-17/h6-8,22H,9H2,1-5H3,(H,19,21). The molecule has 0 radical (unpaired) electrons.